The molecule has 0 saturated carbocycles. The predicted octanol–water partition coefficient (Wildman–Crippen LogP) is 2.41. The first kappa shape index (κ1) is 15.2. The number of ether oxygens (including phenoxy) is 1. The lowest BCUT2D eigenvalue weighted by atomic mass is 10.1. The van der Waals surface area contributed by atoms with Crippen LogP contribution >= 0.6 is 11.8 Å². The van der Waals surface area contributed by atoms with Gasteiger partial charge in [-0.3, -0.25) is 0 Å². The van der Waals surface area contributed by atoms with Crippen LogP contribution < -0.4 is 10.1 Å². The van der Waals surface area contributed by atoms with Crippen LogP contribution in [0.1, 0.15) is 18.4 Å². The van der Waals surface area contributed by atoms with Crippen molar-refractivity contribution in [3.63, 3.8) is 0 Å². The molecule has 116 valence electrons. The molecular formula is C17H26N2OS. The molecule has 0 bridgehead atoms. The van der Waals surface area contributed by atoms with Crippen molar-refractivity contribution in [1.29, 1.82) is 0 Å². The zero-order valence-electron chi connectivity index (χ0n) is 12.7. The Balaban J connectivity index is 1.44. The van der Waals surface area contributed by atoms with Crippen LogP contribution in [-0.4, -0.2) is 55.2 Å². The molecule has 2 heterocycles. The third kappa shape index (κ3) is 4.90. The first-order valence-corrected chi connectivity index (χ1v) is 9.32. The molecule has 4 heteroatoms. The van der Waals surface area contributed by atoms with Gasteiger partial charge >= 0.3 is 0 Å². The predicted molar refractivity (Wildman–Crippen MR) is 90.4 cm³/mol. The normalized spacial score (nSPS) is 23.9. The van der Waals surface area contributed by atoms with E-state index in [9.17, 15) is 0 Å². The minimum atomic E-state index is 0.412. The van der Waals surface area contributed by atoms with Crippen molar-refractivity contribution in [3.05, 3.63) is 29.8 Å². The van der Waals surface area contributed by atoms with Crippen molar-refractivity contribution in [2.75, 3.05) is 44.2 Å². The molecule has 1 aromatic rings. The SMILES string of the molecule is c1cc(OC2CCCSC2)ccc1CCN1CCNCC1. The zero-order valence-corrected chi connectivity index (χ0v) is 13.5. The summed E-state index contributed by atoms with van der Waals surface area (Å²) in [7, 11) is 0. The molecular weight excluding hydrogens is 280 g/mol. The molecule has 3 rings (SSSR count). The van der Waals surface area contributed by atoms with E-state index in [0.29, 0.717) is 6.10 Å². The van der Waals surface area contributed by atoms with Crippen LogP contribution in [-0.2, 0) is 6.42 Å². The molecule has 1 unspecified atom stereocenters. The van der Waals surface area contributed by atoms with Crippen LogP contribution in [0.2, 0.25) is 0 Å². The Labute approximate surface area is 132 Å². The smallest absolute Gasteiger partial charge is 0.119 e. The number of thioether (sulfide) groups is 1. The third-order valence-electron chi connectivity index (χ3n) is 4.27. The molecule has 2 aliphatic rings. The van der Waals surface area contributed by atoms with Crippen LogP contribution in [0.3, 0.4) is 0 Å². The van der Waals surface area contributed by atoms with Gasteiger partial charge in [0.15, 0.2) is 0 Å². The zero-order chi connectivity index (χ0) is 14.3. The quantitative estimate of drug-likeness (QED) is 0.903. The van der Waals surface area contributed by atoms with Gasteiger partial charge in [-0.2, -0.15) is 11.8 Å². The molecule has 0 aromatic heterocycles. The van der Waals surface area contributed by atoms with Gasteiger partial charge in [0, 0.05) is 38.5 Å². The molecule has 0 aliphatic carbocycles. The van der Waals surface area contributed by atoms with E-state index in [0.717, 1.165) is 31.0 Å². The largest absolute Gasteiger partial charge is 0.490 e. The molecule has 21 heavy (non-hydrogen) atoms. The fraction of sp³-hybridized carbons (Fsp3) is 0.647. The third-order valence-corrected chi connectivity index (χ3v) is 5.46. The van der Waals surface area contributed by atoms with Crippen LogP contribution in [0, 0.1) is 0 Å². The Morgan fingerprint density at radius 1 is 1.19 bits per heavy atom. The second kappa shape index (κ2) is 8.06. The summed E-state index contributed by atoms with van der Waals surface area (Å²) in [4.78, 5) is 2.54. The van der Waals surface area contributed by atoms with Crippen molar-refractivity contribution in [2.24, 2.45) is 0 Å². The Bertz CT molecular complexity index is 411. The summed E-state index contributed by atoms with van der Waals surface area (Å²) in [6, 6.07) is 8.75. The van der Waals surface area contributed by atoms with Crippen LogP contribution in [0.4, 0.5) is 0 Å². The number of benzene rings is 1. The fourth-order valence-electron chi connectivity index (χ4n) is 2.95. The minimum absolute atomic E-state index is 0.412. The number of hydrogen-bond acceptors (Lipinski definition) is 4. The van der Waals surface area contributed by atoms with Crippen molar-refractivity contribution in [3.8, 4) is 5.75 Å². The van der Waals surface area contributed by atoms with Crippen molar-refractivity contribution < 1.29 is 4.74 Å². The highest BCUT2D eigenvalue weighted by molar-refractivity contribution is 7.99. The average Bonchev–Trinajstić information content (AvgIpc) is 2.56. The van der Waals surface area contributed by atoms with E-state index in [1.165, 1.54) is 43.8 Å². The maximum Gasteiger partial charge on any atom is 0.119 e. The van der Waals surface area contributed by atoms with Crippen LogP contribution in [0.5, 0.6) is 5.75 Å². The molecule has 1 atom stereocenters. The van der Waals surface area contributed by atoms with Crippen molar-refractivity contribution >= 4 is 11.8 Å². The lowest BCUT2D eigenvalue weighted by molar-refractivity contribution is 0.211. The minimum Gasteiger partial charge on any atom is -0.490 e. The number of nitrogens with zero attached hydrogens (tertiary/aromatic N) is 1. The maximum absolute atomic E-state index is 6.07. The molecule has 2 fully saturated rings. The van der Waals surface area contributed by atoms with E-state index in [-0.39, 0.29) is 0 Å². The van der Waals surface area contributed by atoms with E-state index in [1.54, 1.807) is 0 Å². The first-order valence-electron chi connectivity index (χ1n) is 8.16. The van der Waals surface area contributed by atoms with Gasteiger partial charge in [0.05, 0.1) is 0 Å². The Kier molecular flexibility index (Phi) is 5.83. The summed E-state index contributed by atoms with van der Waals surface area (Å²) in [6.07, 6.45) is 4.05. The lowest BCUT2D eigenvalue weighted by Crippen LogP contribution is -2.44. The van der Waals surface area contributed by atoms with E-state index in [2.05, 4.69) is 34.5 Å². The maximum atomic E-state index is 6.07. The standard InChI is InChI=1S/C17H26N2OS/c1-2-17(14-21-13-1)20-16-5-3-15(4-6-16)7-10-19-11-8-18-9-12-19/h3-6,17-18H,1-2,7-14H2. The molecule has 0 amide bonds. The average molecular weight is 306 g/mol. The molecule has 0 radical (unpaired) electrons. The second-order valence-electron chi connectivity index (χ2n) is 5.94. The van der Waals surface area contributed by atoms with E-state index >= 15 is 0 Å². The van der Waals surface area contributed by atoms with Gasteiger partial charge in [-0.25, -0.2) is 0 Å². The summed E-state index contributed by atoms with van der Waals surface area (Å²) >= 11 is 2.01. The summed E-state index contributed by atoms with van der Waals surface area (Å²) < 4.78 is 6.07. The van der Waals surface area contributed by atoms with E-state index < -0.39 is 0 Å². The molecule has 2 saturated heterocycles. The van der Waals surface area contributed by atoms with Gasteiger partial charge < -0.3 is 15.0 Å². The highest BCUT2D eigenvalue weighted by Crippen LogP contribution is 2.22. The topological polar surface area (TPSA) is 24.5 Å². The number of nitrogens with one attached hydrogen (secondary N) is 1. The molecule has 0 spiro atoms. The highest BCUT2D eigenvalue weighted by Gasteiger charge is 2.15. The van der Waals surface area contributed by atoms with E-state index in [4.69, 9.17) is 4.74 Å². The van der Waals surface area contributed by atoms with Crippen LogP contribution in [0.15, 0.2) is 24.3 Å². The van der Waals surface area contributed by atoms with Crippen LogP contribution in [0.25, 0.3) is 0 Å². The highest BCUT2D eigenvalue weighted by atomic mass is 32.2. The number of piperazine rings is 1. The number of rotatable bonds is 5. The summed E-state index contributed by atoms with van der Waals surface area (Å²) in [5, 5.41) is 3.40. The van der Waals surface area contributed by atoms with Gasteiger partial charge in [-0.1, -0.05) is 12.1 Å². The summed E-state index contributed by atoms with van der Waals surface area (Å²) in [5.41, 5.74) is 1.42. The molecule has 2 aliphatic heterocycles. The summed E-state index contributed by atoms with van der Waals surface area (Å²) in [5.74, 6) is 3.48. The van der Waals surface area contributed by atoms with Gasteiger partial charge in [0.2, 0.25) is 0 Å². The van der Waals surface area contributed by atoms with E-state index in [1.807, 2.05) is 11.8 Å². The Hall–Kier alpha value is -0.710. The monoisotopic (exact) mass is 306 g/mol. The van der Waals surface area contributed by atoms with Gasteiger partial charge in [-0.05, 0) is 42.7 Å². The van der Waals surface area contributed by atoms with Gasteiger partial charge in [-0.15, -0.1) is 0 Å². The van der Waals surface area contributed by atoms with Crippen molar-refractivity contribution in [1.82, 2.24) is 10.2 Å². The first-order chi connectivity index (χ1) is 10.4. The Morgan fingerprint density at radius 3 is 2.71 bits per heavy atom. The lowest BCUT2D eigenvalue weighted by Gasteiger charge is -2.27. The summed E-state index contributed by atoms with van der Waals surface area (Å²) in [6.45, 7) is 5.79. The fourth-order valence-corrected chi connectivity index (χ4v) is 3.99. The number of hydrogen-bond donors (Lipinski definition) is 1. The van der Waals surface area contributed by atoms with Gasteiger partial charge in [0.1, 0.15) is 11.9 Å². The molecule has 1 aromatic carbocycles. The second-order valence-corrected chi connectivity index (χ2v) is 7.09. The van der Waals surface area contributed by atoms with Crippen molar-refractivity contribution in [2.45, 2.75) is 25.4 Å². The Morgan fingerprint density at radius 2 is 2.00 bits per heavy atom. The molecule has 3 nitrogen and oxygen atoms in total. The van der Waals surface area contributed by atoms with Gasteiger partial charge in [0.25, 0.3) is 0 Å². The molecule has 1 N–H and O–H groups in total.